The Morgan fingerprint density at radius 3 is 2.65 bits per heavy atom. The number of amides is 1. The lowest BCUT2D eigenvalue weighted by molar-refractivity contribution is -0.137. The van der Waals surface area contributed by atoms with Gasteiger partial charge in [0, 0.05) is 0 Å². The summed E-state index contributed by atoms with van der Waals surface area (Å²) in [6, 6.07) is 9.70. The number of ether oxygens (including phenoxy) is 2. The molecular weight excluding hydrogens is 459 g/mol. The molecule has 2 aromatic carbocycles. The molecule has 7 nitrogen and oxygen atoms in total. The summed E-state index contributed by atoms with van der Waals surface area (Å²) in [6.45, 7) is -0.0139. The second-order valence-corrected chi connectivity index (χ2v) is 7.26. The van der Waals surface area contributed by atoms with Crippen LogP contribution >= 0.6 is 23.4 Å². The fourth-order valence-corrected chi connectivity index (χ4v) is 3.09. The van der Waals surface area contributed by atoms with Crippen LogP contribution < -0.4 is 14.8 Å². The van der Waals surface area contributed by atoms with E-state index in [1.165, 1.54) is 7.11 Å². The molecule has 1 amide bonds. The number of anilines is 1. The van der Waals surface area contributed by atoms with Crippen LogP contribution in [0.3, 0.4) is 0 Å². The molecule has 0 bridgehead atoms. The smallest absolute Gasteiger partial charge is 0.416 e. The van der Waals surface area contributed by atoms with E-state index in [1.54, 1.807) is 24.3 Å². The van der Waals surface area contributed by atoms with E-state index in [0.717, 1.165) is 30.0 Å². The molecule has 0 radical (unpaired) electrons. The molecule has 31 heavy (non-hydrogen) atoms. The minimum Gasteiger partial charge on any atom is -0.493 e. The normalized spacial score (nSPS) is 11.3. The summed E-state index contributed by atoms with van der Waals surface area (Å²) in [5.74, 6) is 0.448. The molecule has 0 saturated carbocycles. The SMILES string of the molecule is COc1ccccc1OCc1nnc(SCC(=O)Nc2cc(C(F)(F)F)ccc2Cl)o1. The lowest BCUT2D eigenvalue weighted by atomic mass is 10.2. The number of hydrogen-bond acceptors (Lipinski definition) is 7. The number of carbonyl (C=O) groups is 1. The molecule has 3 rings (SSSR count). The van der Waals surface area contributed by atoms with Gasteiger partial charge in [0.05, 0.1) is 29.1 Å². The first-order chi connectivity index (χ1) is 14.8. The molecule has 0 aliphatic rings. The number of nitrogens with one attached hydrogen (secondary N) is 1. The lowest BCUT2D eigenvalue weighted by Crippen LogP contribution is -2.15. The van der Waals surface area contributed by atoms with Crippen LogP contribution in [0.4, 0.5) is 18.9 Å². The first-order valence-corrected chi connectivity index (χ1v) is 10.00. The quantitative estimate of drug-likeness (QED) is 0.457. The van der Waals surface area contributed by atoms with Gasteiger partial charge in [-0.3, -0.25) is 4.79 Å². The molecule has 0 unspecified atom stereocenters. The third kappa shape index (κ3) is 6.28. The maximum absolute atomic E-state index is 12.8. The van der Waals surface area contributed by atoms with Crippen LogP contribution in [-0.2, 0) is 17.6 Å². The predicted octanol–water partition coefficient (Wildman–Crippen LogP) is 5.06. The Hall–Kier alpha value is -2.92. The van der Waals surface area contributed by atoms with E-state index < -0.39 is 17.6 Å². The van der Waals surface area contributed by atoms with Crippen molar-refractivity contribution in [3.05, 3.63) is 58.9 Å². The van der Waals surface area contributed by atoms with Crippen molar-refractivity contribution >= 4 is 35.0 Å². The van der Waals surface area contributed by atoms with Gasteiger partial charge < -0.3 is 19.2 Å². The van der Waals surface area contributed by atoms with Crippen LogP contribution in [0.2, 0.25) is 5.02 Å². The second-order valence-electron chi connectivity index (χ2n) is 5.93. The van der Waals surface area contributed by atoms with E-state index in [4.69, 9.17) is 25.5 Å². The van der Waals surface area contributed by atoms with E-state index in [1.807, 2.05) is 0 Å². The number of nitrogens with zero attached hydrogens (tertiary/aromatic N) is 2. The average molecular weight is 474 g/mol. The molecular formula is C19H15ClF3N3O4S. The minimum absolute atomic E-state index is 0.0139. The standard InChI is InChI=1S/C19H15ClF3N3O4S/c1-28-14-4-2-3-5-15(14)29-9-17-25-26-18(30-17)31-10-16(27)24-13-8-11(19(21,22)23)6-7-12(13)20/h2-8H,9-10H2,1H3,(H,24,27). The second kappa shape index (κ2) is 9.92. The first-order valence-electron chi connectivity index (χ1n) is 8.64. The number of halogens is 4. The maximum atomic E-state index is 12.8. The van der Waals surface area contributed by atoms with Gasteiger partial charge in [0.15, 0.2) is 18.1 Å². The fraction of sp³-hybridized carbons (Fsp3) is 0.211. The topological polar surface area (TPSA) is 86.5 Å². The molecule has 0 fully saturated rings. The van der Waals surface area contributed by atoms with Crippen molar-refractivity contribution in [2.75, 3.05) is 18.2 Å². The van der Waals surface area contributed by atoms with Gasteiger partial charge in [0.25, 0.3) is 11.1 Å². The van der Waals surface area contributed by atoms with Gasteiger partial charge in [-0.25, -0.2) is 0 Å². The zero-order valence-electron chi connectivity index (χ0n) is 15.9. The summed E-state index contributed by atoms with van der Waals surface area (Å²) in [6.07, 6.45) is -4.55. The monoisotopic (exact) mass is 473 g/mol. The Labute approximate surface area is 183 Å². The highest BCUT2D eigenvalue weighted by Gasteiger charge is 2.31. The van der Waals surface area contributed by atoms with Crippen molar-refractivity contribution in [1.29, 1.82) is 0 Å². The number of rotatable bonds is 8. The third-order valence-corrected chi connectivity index (χ3v) is 4.91. The van der Waals surface area contributed by atoms with Crippen molar-refractivity contribution in [1.82, 2.24) is 10.2 Å². The number of thioether (sulfide) groups is 1. The van der Waals surface area contributed by atoms with Gasteiger partial charge in [-0.05, 0) is 30.3 Å². The van der Waals surface area contributed by atoms with Gasteiger partial charge in [-0.1, -0.05) is 35.5 Å². The van der Waals surface area contributed by atoms with Crippen molar-refractivity contribution in [3.8, 4) is 11.5 Å². The van der Waals surface area contributed by atoms with Crippen molar-refractivity contribution in [2.45, 2.75) is 18.0 Å². The van der Waals surface area contributed by atoms with Crippen molar-refractivity contribution in [3.63, 3.8) is 0 Å². The lowest BCUT2D eigenvalue weighted by Gasteiger charge is -2.11. The van der Waals surface area contributed by atoms with Crippen LogP contribution in [0, 0.1) is 0 Å². The molecule has 3 aromatic rings. The number of benzene rings is 2. The summed E-state index contributed by atoms with van der Waals surface area (Å²) in [7, 11) is 1.52. The Kier molecular flexibility index (Phi) is 7.29. The van der Waals surface area contributed by atoms with Gasteiger partial charge >= 0.3 is 6.18 Å². The molecule has 0 saturated heterocycles. The van der Waals surface area contributed by atoms with Crippen molar-refractivity contribution < 1.29 is 31.9 Å². The fourth-order valence-electron chi connectivity index (χ4n) is 2.34. The predicted molar refractivity (Wildman–Crippen MR) is 107 cm³/mol. The number of aromatic nitrogens is 2. The molecule has 1 N–H and O–H groups in total. The Morgan fingerprint density at radius 2 is 1.94 bits per heavy atom. The van der Waals surface area contributed by atoms with Gasteiger partial charge in [0.1, 0.15) is 0 Å². The number of methoxy groups -OCH3 is 1. The van der Waals surface area contributed by atoms with Crippen LogP contribution in [0.25, 0.3) is 0 Å². The third-order valence-electron chi connectivity index (χ3n) is 3.76. The summed E-state index contributed by atoms with van der Waals surface area (Å²) in [5, 5.41) is 10.0. The number of alkyl halides is 3. The molecule has 1 heterocycles. The molecule has 12 heteroatoms. The van der Waals surface area contributed by atoms with Crippen LogP contribution in [0.5, 0.6) is 11.5 Å². The van der Waals surface area contributed by atoms with E-state index in [0.29, 0.717) is 11.5 Å². The molecule has 1 aromatic heterocycles. The zero-order valence-corrected chi connectivity index (χ0v) is 17.5. The molecule has 0 atom stereocenters. The van der Waals surface area contributed by atoms with Crippen LogP contribution in [0.15, 0.2) is 52.1 Å². The summed E-state index contributed by atoms with van der Waals surface area (Å²) in [4.78, 5) is 12.1. The average Bonchev–Trinajstić information content (AvgIpc) is 3.19. The van der Waals surface area contributed by atoms with E-state index in [9.17, 15) is 18.0 Å². The highest BCUT2D eigenvalue weighted by atomic mass is 35.5. The van der Waals surface area contributed by atoms with E-state index in [2.05, 4.69) is 15.5 Å². The summed E-state index contributed by atoms with van der Waals surface area (Å²) in [5.41, 5.74) is -1.06. The summed E-state index contributed by atoms with van der Waals surface area (Å²) < 4.78 is 54.6. The maximum Gasteiger partial charge on any atom is 0.416 e. The molecule has 0 spiro atoms. The van der Waals surface area contributed by atoms with Crippen molar-refractivity contribution in [2.24, 2.45) is 0 Å². The number of hydrogen-bond donors (Lipinski definition) is 1. The van der Waals surface area contributed by atoms with Gasteiger partial charge in [-0.15, -0.1) is 10.2 Å². The first kappa shape index (κ1) is 22.8. The van der Waals surface area contributed by atoms with Crippen LogP contribution in [0.1, 0.15) is 11.5 Å². The van der Waals surface area contributed by atoms with Crippen LogP contribution in [-0.4, -0.2) is 29.0 Å². The highest BCUT2D eigenvalue weighted by molar-refractivity contribution is 7.99. The van der Waals surface area contributed by atoms with E-state index in [-0.39, 0.29) is 34.2 Å². The Bertz CT molecular complexity index is 1060. The Balaban J connectivity index is 1.53. The highest BCUT2D eigenvalue weighted by Crippen LogP contribution is 2.34. The number of para-hydroxylation sites is 2. The molecule has 0 aliphatic carbocycles. The van der Waals surface area contributed by atoms with E-state index >= 15 is 0 Å². The van der Waals surface area contributed by atoms with Gasteiger partial charge in [-0.2, -0.15) is 13.2 Å². The largest absolute Gasteiger partial charge is 0.493 e. The van der Waals surface area contributed by atoms with Gasteiger partial charge in [0.2, 0.25) is 5.91 Å². The Morgan fingerprint density at radius 1 is 1.19 bits per heavy atom. The zero-order chi connectivity index (χ0) is 22.4. The summed E-state index contributed by atoms with van der Waals surface area (Å²) >= 11 is 6.78. The molecule has 164 valence electrons. The molecule has 0 aliphatic heterocycles. The number of carbonyl (C=O) groups excluding carboxylic acids is 1. The minimum atomic E-state index is -4.55.